The standard InChI is InChI=1S/C22H22N2O5S/c25-22-5-1-2-13-24(22)18-8-6-17(7-9-18)4-3-12-23-30(26,27)19-10-11-20-21(16-19)29-15-14-28-20/h6-11,16,23H,1-2,5,12-15H2. The number of carbonyl (C=O) groups is 1. The Morgan fingerprint density at radius 3 is 2.53 bits per heavy atom. The number of hydrogen-bond acceptors (Lipinski definition) is 5. The van der Waals surface area contributed by atoms with Crippen molar-refractivity contribution in [2.24, 2.45) is 0 Å². The van der Waals surface area contributed by atoms with Gasteiger partial charge < -0.3 is 14.4 Å². The Balaban J connectivity index is 1.37. The molecule has 7 nitrogen and oxygen atoms in total. The van der Waals surface area contributed by atoms with E-state index >= 15 is 0 Å². The van der Waals surface area contributed by atoms with Crippen LogP contribution in [0.4, 0.5) is 5.69 Å². The van der Waals surface area contributed by atoms with Gasteiger partial charge in [-0.3, -0.25) is 4.79 Å². The molecule has 2 aliphatic rings. The highest BCUT2D eigenvalue weighted by Gasteiger charge is 2.20. The predicted molar refractivity (Wildman–Crippen MR) is 112 cm³/mol. The second kappa shape index (κ2) is 8.78. The molecule has 30 heavy (non-hydrogen) atoms. The first-order valence-corrected chi connectivity index (χ1v) is 11.3. The van der Waals surface area contributed by atoms with Crippen LogP contribution in [0.3, 0.4) is 0 Å². The van der Waals surface area contributed by atoms with E-state index in [4.69, 9.17) is 9.47 Å². The van der Waals surface area contributed by atoms with Gasteiger partial charge in [-0.05, 0) is 49.2 Å². The second-order valence-electron chi connectivity index (χ2n) is 6.98. The fraction of sp³-hybridized carbons (Fsp3) is 0.318. The third-order valence-electron chi connectivity index (χ3n) is 4.91. The third kappa shape index (κ3) is 4.58. The molecule has 1 amide bonds. The number of ether oxygens (including phenoxy) is 2. The van der Waals surface area contributed by atoms with Gasteiger partial charge >= 0.3 is 0 Å². The summed E-state index contributed by atoms with van der Waals surface area (Å²) in [6.45, 7) is 1.55. The molecule has 0 spiro atoms. The number of nitrogens with one attached hydrogen (secondary N) is 1. The maximum atomic E-state index is 12.5. The van der Waals surface area contributed by atoms with Gasteiger partial charge in [-0.15, -0.1) is 0 Å². The van der Waals surface area contributed by atoms with Crippen LogP contribution in [0.5, 0.6) is 11.5 Å². The number of sulfonamides is 1. The van der Waals surface area contributed by atoms with Crippen molar-refractivity contribution < 1.29 is 22.7 Å². The van der Waals surface area contributed by atoms with Crippen molar-refractivity contribution in [1.82, 2.24) is 4.72 Å². The molecule has 2 aromatic rings. The van der Waals surface area contributed by atoms with Gasteiger partial charge in [-0.1, -0.05) is 11.8 Å². The Hall–Kier alpha value is -3.02. The summed E-state index contributed by atoms with van der Waals surface area (Å²) < 4.78 is 38.2. The summed E-state index contributed by atoms with van der Waals surface area (Å²) in [6.07, 6.45) is 2.54. The molecule has 2 aromatic carbocycles. The van der Waals surface area contributed by atoms with Crippen LogP contribution in [0, 0.1) is 11.8 Å². The van der Waals surface area contributed by atoms with Gasteiger partial charge in [0.15, 0.2) is 11.5 Å². The lowest BCUT2D eigenvalue weighted by atomic mass is 10.1. The average Bonchev–Trinajstić information content (AvgIpc) is 2.77. The summed E-state index contributed by atoms with van der Waals surface area (Å²) in [5.41, 5.74) is 1.62. The van der Waals surface area contributed by atoms with Gasteiger partial charge in [0.1, 0.15) is 13.2 Å². The lowest BCUT2D eigenvalue weighted by Gasteiger charge is -2.26. The van der Waals surface area contributed by atoms with Crippen molar-refractivity contribution in [3.63, 3.8) is 0 Å². The van der Waals surface area contributed by atoms with Gasteiger partial charge in [0.25, 0.3) is 0 Å². The highest BCUT2D eigenvalue weighted by Crippen LogP contribution is 2.32. The first kappa shape index (κ1) is 20.3. The number of amides is 1. The summed E-state index contributed by atoms with van der Waals surface area (Å²) in [7, 11) is -3.71. The maximum Gasteiger partial charge on any atom is 0.241 e. The number of nitrogens with zero attached hydrogens (tertiary/aromatic N) is 1. The average molecular weight is 426 g/mol. The molecule has 2 heterocycles. The molecule has 0 atom stereocenters. The summed E-state index contributed by atoms with van der Waals surface area (Å²) in [6, 6.07) is 11.9. The molecule has 4 rings (SSSR count). The van der Waals surface area contributed by atoms with Crippen molar-refractivity contribution in [3.8, 4) is 23.3 Å². The Kier molecular flexibility index (Phi) is 5.93. The van der Waals surface area contributed by atoms with Gasteiger partial charge in [-0.2, -0.15) is 4.72 Å². The molecule has 0 unspecified atom stereocenters. The molecule has 1 saturated heterocycles. The minimum absolute atomic E-state index is 0.0247. The predicted octanol–water partition coefficient (Wildman–Crippen LogP) is 2.30. The topological polar surface area (TPSA) is 84.9 Å². The van der Waals surface area contributed by atoms with Crippen molar-refractivity contribution >= 4 is 21.6 Å². The summed E-state index contributed by atoms with van der Waals surface area (Å²) in [5.74, 6) is 6.86. The van der Waals surface area contributed by atoms with Crippen molar-refractivity contribution in [3.05, 3.63) is 48.0 Å². The zero-order valence-electron chi connectivity index (χ0n) is 16.4. The molecule has 0 bridgehead atoms. The molecule has 0 aliphatic carbocycles. The van der Waals surface area contributed by atoms with Crippen LogP contribution in [0.25, 0.3) is 0 Å². The number of anilines is 1. The van der Waals surface area contributed by atoms with Crippen molar-refractivity contribution in [2.75, 3.05) is 31.2 Å². The van der Waals surface area contributed by atoms with Gasteiger partial charge in [0, 0.05) is 30.3 Å². The largest absolute Gasteiger partial charge is 0.486 e. The Morgan fingerprint density at radius 2 is 1.77 bits per heavy atom. The highest BCUT2D eigenvalue weighted by atomic mass is 32.2. The van der Waals surface area contributed by atoms with E-state index in [9.17, 15) is 13.2 Å². The zero-order valence-corrected chi connectivity index (χ0v) is 17.2. The van der Waals surface area contributed by atoms with E-state index in [1.165, 1.54) is 12.1 Å². The smallest absolute Gasteiger partial charge is 0.241 e. The summed E-state index contributed by atoms with van der Waals surface area (Å²) >= 11 is 0. The fourth-order valence-electron chi connectivity index (χ4n) is 3.36. The maximum absolute atomic E-state index is 12.5. The molecule has 0 aromatic heterocycles. The Labute approximate surface area is 176 Å². The van der Waals surface area contributed by atoms with E-state index < -0.39 is 10.0 Å². The SMILES string of the molecule is O=C1CCCCN1c1ccc(C#CCNS(=O)(=O)c2ccc3c(c2)OCCO3)cc1. The van der Waals surface area contributed by atoms with Gasteiger partial charge in [0.05, 0.1) is 11.4 Å². The molecular weight excluding hydrogens is 404 g/mol. The number of rotatable bonds is 4. The number of fused-ring (bicyclic) bond motifs is 1. The van der Waals surface area contributed by atoms with Crippen molar-refractivity contribution in [1.29, 1.82) is 0 Å². The van der Waals surface area contributed by atoms with Crippen LogP contribution in [-0.2, 0) is 14.8 Å². The van der Waals surface area contributed by atoms with Gasteiger partial charge in [-0.25, -0.2) is 8.42 Å². The minimum Gasteiger partial charge on any atom is -0.486 e. The van der Waals surface area contributed by atoms with E-state index in [0.29, 0.717) is 31.1 Å². The van der Waals surface area contributed by atoms with Crippen LogP contribution >= 0.6 is 0 Å². The minimum atomic E-state index is -3.71. The van der Waals surface area contributed by atoms with Crippen molar-refractivity contribution in [2.45, 2.75) is 24.2 Å². The van der Waals surface area contributed by atoms with Gasteiger partial charge in [0.2, 0.25) is 15.9 Å². The first-order chi connectivity index (χ1) is 14.5. The normalized spacial score (nSPS) is 16.0. The lowest BCUT2D eigenvalue weighted by Crippen LogP contribution is -2.35. The van der Waals surface area contributed by atoms with Crippen LogP contribution in [-0.4, -0.2) is 40.6 Å². The molecule has 8 heteroatoms. The Bertz CT molecular complexity index is 1100. The molecule has 1 fully saturated rings. The van der Waals surface area contributed by atoms with Crippen LogP contribution in [0.15, 0.2) is 47.4 Å². The monoisotopic (exact) mass is 426 g/mol. The summed E-state index contributed by atoms with van der Waals surface area (Å²) in [5, 5.41) is 0. The number of benzene rings is 2. The molecule has 0 radical (unpaired) electrons. The van der Waals surface area contributed by atoms with E-state index in [2.05, 4.69) is 16.6 Å². The number of hydrogen-bond donors (Lipinski definition) is 1. The first-order valence-electron chi connectivity index (χ1n) is 9.81. The third-order valence-corrected chi connectivity index (χ3v) is 6.31. The lowest BCUT2D eigenvalue weighted by molar-refractivity contribution is -0.119. The fourth-order valence-corrected chi connectivity index (χ4v) is 4.29. The Morgan fingerprint density at radius 1 is 1.00 bits per heavy atom. The van der Waals surface area contributed by atoms with E-state index in [0.717, 1.165) is 30.6 Å². The quantitative estimate of drug-likeness (QED) is 0.759. The van der Waals surface area contributed by atoms with Crippen LogP contribution < -0.4 is 19.1 Å². The highest BCUT2D eigenvalue weighted by molar-refractivity contribution is 7.89. The van der Waals surface area contributed by atoms with E-state index in [-0.39, 0.29) is 17.3 Å². The van der Waals surface area contributed by atoms with Crippen LogP contribution in [0.1, 0.15) is 24.8 Å². The van der Waals surface area contributed by atoms with E-state index in [1.807, 2.05) is 24.3 Å². The molecule has 0 saturated carbocycles. The van der Waals surface area contributed by atoms with Crippen LogP contribution in [0.2, 0.25) is 0 Å². The molecule has 2 aliphatic heterocycles. The molecule has 156 valence electrons. The molecule has 1 N–H and O–H groups in total. The zero-order chi connectivity index (χ0) is 21.0. The number of piperidine rings is 1. The number of carbonyl (C=O) groups excluding carboxylic acids is 1. The molecular formula is C22H22N2O5S. The second-order valence-corrected chi connectivity index (χ2v) is 8.75. The van der Waals surface area contributed by atoms with E-state index in [1.54, 1.807) is 11.0 Å². The summed E-state index contributed by atoms with van der Waals surface area (Å²) in [4.78, 5) is 13.9.